The first-order valence-corrected chi connectivity index (χ1v) is 17.5. The number of thiol groups is 1. The number of aliphatic hydroxyl groups excluding tert-OH is 1. The number of aromatic amines is 2. The number of alkyl halides is 2. The summed E-state index contributed by atoms with van der Waals surface area (Å²) in [4.78, 5) is 51.6. The Kier molecular flexibility index (Phi) is 8.82. The minimum absolute atomic E-state index is 0.120. The third-order valence-electron chi connectivity index (χ3n) is 6.81. The van der Waals surface area contributed by atoms with Crippen molar-refractivity contribution >= 4 is 66.3 Å². The third-order valence-corrected chi connectivity index (χ3v) is 9.08. The summed E-state index contributed by atoms with van der Waals surface area (Å²) in [7, 11) is -2.69. The fraction of sp³-hybridized carbons (Fsp3) is 0.526. The molecule has 2 saturated heterocycles. The second kappa shape index (κ2) is 12.4. The molecule has 20 nitrogen and oxygen atoms in total. The Morgan fingerprint density at radius 3 is 2.62 bits per heavy atom. The molecule has 4 aromatic rings. The minimum Gasteiger partial charge on any atom is -0.394 e. The minimum atomic E-state index is -4.45. The molecule has 0 saturated carbocycles. The second-order valence-electron chi connectivity index (χ2n) is 9.56. The van der Waals surface area contributed by atoms with Gasteiger partial charge in [0.2, 0.25) is 5.95 Å². The average Bonchev–Trinajstić information content (AvgIpc) is 3.73. The molecule has 4 aromatic heterocycles. The number of fused-ring (bicyclic) bond motifs is 2. The van der Waals surface area contributed by atoms with Crippen molar-refractivity contribution in [3.05, 3.63) is 33.4 Å². The molecule has 6 N–H and O–H groups in total. The van der Waals surface area contributed by atoms with Crippen LogP contribution in [0.4, 0.5) is 14.7 Å². The number of hydrogen-bond donors (Lipinski definition) is 6. The Labute approximate surface area is 258 Å². The smallest absolute Gasteiger partial charge is 0.394 e. The summed E-state index contributed by atoms with van der Waals surface area (Å²) in [5.74, 6) is -0.280. The Balaban J connectivity index is 1.23. The molecule has 2 aliphatic rings. The van der Waals surface area contributed by atoms with E-state index in [1.165, 1.54) is 0 Å². The standard InChI is InChI=1S/C19H20F2N10O10P2S2/c20-7-5(1-32)38-18(30-4-25-9-14(30)26-19(22)27-16(9)34)12(7)41-43(36,45)37-2-6-11(40-42(35)44)8(21)17(39-6)31-13-10(28-29-31)15(33)24-3-23-13/h3-8,11-12,17-18,32H,1-2H2,(H5-,22,23,24,26,27,29,33,34,35,36,44,45)/p+1/t5-,6-,7-,8+,11-,12-,17-,18-,43?/m1/s1. The molecule has 0 bridgehead atoms. The number of H-pyrrole nitrogens is 2. The van der Waals surface area contributed by atoms with Crippen LogP contribution in [0.3, 0.4) is 0 Å². The van der Waals surface area contributed by atoms with E-state index in [0.29, 0.717) is 0 Å². The molecule has 2 aliphatic heterocycles. The molecule has 2 unspecified atom stereocenters. The maximum absolute atomic E-state index is 15.6. The Bertz CT molecular complexity index is 1930. The molecule has 45 heavy (non-hydrogen) atoms. The topological polar surface area (TPSA) is 270 Å². The summed E-state index contributed by atoms with van der Waals surface area (Å²) in [6.45, 7) is -6.00. The van der Waals surface area contributed by atoms with Crippen LogP contribution in [0, 0.1) is 0 Å². The van der Waals surface area contributed by atoms with Crippen molar-refractivity contribution in [2.24, 2.45) is 0 Å². The highest BCUT2D eigenvalue weighted by molar-refractivity contribution is 8.39. The van der Waals surface area contributed by atoms with E-state index in [-0.39, 0.29) is 28.3 Å². The number of rotatable bonds is 10. The molecule has 0 aromatic carbocycles. The number of nitrogen functional groups attached to an aromatic ring is 1. The zero-order valence-electron chi connectivity index (χ0n) is 22.1. The Morgan fingerprint density at radius 2 is 1.89 bits per heavy atom. The number of ether oxygens (including phenoxy) is 2. The average molecular weight is 714 g/mol. The van der Waals surface area contributed by atoms with E-state index in [9.17, 15) is 24.2 Å². The second-order valence-corrected chi connectivity index (χ2v) is 14.0. The predicted octanol–water partition coefficient (Wildman–Crippen LogP) is -0.716. The highest BCUT2D eigenvalue weighted by atomic mass is 32.7. The van der Waals surface area contributed by atoms with Crippen molar-refractivity contribution in [1.82, 2.24) is 44.5 Å². The Hall–Kier alpha value is -2.89. The van der Waals surface area contributed by atoms with Crippen LogP contribution in [-0.4, -0.2) is 104 Å². The van der Waals surface area contributed by atoms with Crippen LogP contribution in [-0.2, 0) is 39.4 Å². The first kappa shape index (κ1) is 32.1. The number of imidazole rings is 1. The normalized spacial score (nSPS) is 30.3. The van der Waals surface area contributed by atoms with Gasteiger partial charge in [0.25, 0.3) is 11.1 Å². The van der Waals surface area contributed by atoms with Gasteiger partial charge in [0, 0.05) is 0 Å². The van der Waals surface area contributed by atoms with Gasteiger partial charge in [-0.3, -0.25) is 23.7 Å². The van der Waals surface area contributed by atoms with Gasteiger partial charge < -0.3 is 34.7 Å². The maximum Gasteiger partial charge on any atom is 0.582 e. The summed E-state index contributed by atoms with van der Waals surface area (Å²) in [5.41, 5.74) is 3.64. The molecule has 0 radical (unpaired) electrons. The SMILES string of the molecule is Nc1nc2c(ncn2[C@@H]2O[C@H](CO)[C@@H](F)[C@H]2OP(O)(=S)OC[C@H]2O[C@@H](n3nnc4c(=O)[nH]cnc43)[C@@H](F)[C@@H]2O[P+](=O)S)c(=O)[nH]1. The van der Waals surface area contributed by atoms with E-state index in [4.69, 9.17) is 40.6 Å². The van der Waals surface area contributed by atoms with E-state index < -0.39 is 87.5 Å². The van der Waals surface area contributed by atoms with E-state index in [0.717, 1.165) is 21.9 Å². The first-order valence-electron chi connectivity index (χ1n) is 12.6. The summed E-state index contributed by atoms with van der Waals surface area (Å²) in [5, 5.41) is 17.0. The Morgan fingerprint density at radius 1 is 1.13 bits per heavy atom. The van der Waals surface area contributed by atoms with Crippen LogP contribution in [0.15, 0.2) is 22.2 Å². The highest BCUT2D eigenvalue weighted by Crippen LogP contribution is 2.51. The largest absolute Gasteiger partial charge is 0.582 e. The van der Waals surface area contributed by atoms with Gasteiger partial charge in [0.15, 0.2) is 53.2 Å². The summed E-state index contributed by atoms with van der Waals surface area (Å²) < 4.78 is 72.0. The number of aromatic nitrogens is 9. The van der Waals surface area contributed by atoms with E-state index >= 15 is 8.78 Å². The molecule has 2 fully saturated rings. The number of nitrogens with one attached hydrogen (secondary N) is 2. The molecular formula is C19H21F2N10O10P2S2+. The summed E-state index contributed by atoms with van der Waals surface area (Å²) >= 11 is 8.75. The molecule has 10 atom stereocenters. The zero-order valence-corrected chi connectivity index (χ0v) is 25.6. The lowest BCUT2D eigenvalue weighted by molar-refractivity contribution is -0.0561. The quantitative estimate of drug-likeness (QED) is 0.0874. The van der Waals surface area contributed by atoms with Crippen molar-refractivity contribution < 1.29 is 46.4 Å². The van der Waals surface area contributed by atoms with Crippen molar-refractivity contribution in [1.29, 1.82) is 0 Å². The van der Waals surface area contributed by atoms with Crippen LogP contribution < -0.4 is 16.9 Å². The van der Waals surface area contributed by atoms with E-state index in [1.807, 2.05) is 0 Å². The summed E-state index contributed by atoms with van der Waals surface area (Å²) in [6.07, 6.45) is -11.4. The molecule has 0 aliphatic carbocycles. The monoisotopic (exact) mass is 713 g/mol. The van der Waals surface area contributed by atoms with Crippen LogP contribution in [0.2, 0.25) is 0 Å². The molecule has 6 rings (SSSR count). The van der Waals surface area contributed by atoms with Gasteiger partial charge in [0.05, 0.1) is 25.9 Å². The molecule has 26 heteroatoms. The molecular weight excluding hydrogens is 692 g/mol. The number of anilines is 1. The van der Waals surface area contributed by atoms with Crippen molar-refractivity contribution in [2.75, 3.05) is 18.9 Å². The fourth-order valence-electron chi connectivity index (χ4n) is 4.86. The van der Waals surface area contributed by atoms with E-state index in [2.05, 4.69) is 47.5 Å². The molecule has 0 amide bonds. The predicted molar refractivity (Wildman–Crippen MR) is 152 cm³/mol. The van der Waals surface area contributed by atoms with Crippen molar-refractivity contribution in [3.63, 3.8) is 0 Å². The lowest BCUT2D eigenvalue weighted by Crippen LogP contribution is -2.34. The summed E-state index contributed by atoms with van der Waals surface area (Å²) in [6, 6.07) is 0. The van der Waals surface area contributed by atoms with Gasteiger partial charge in [-0.05, 0) is 16.4 Å². The third kappa shape index (κ3) is 6.03. The van der Waals surface area contributed by atoms with Gasteiger partial charge in [-0.2, -0.15) is 9.67 Å². The number of nitrogens with zero attached hydrogens (tertiary/aromatic N) is 7. The van der Waals surface area contributed by atoms with E-state index in [1.54, 1.807) is 0 Å². The number of hydrogen-bond acceptors (Lipinski definition) is 16. The van der Waals surface area contributed by atoms with Crippen molar-refractivity contribution in [3.8, 4) is 0 Å². The number of nitrogens with two attached hydrogens (primary N) is 1. The lowest BCUT2D eigenvalue weighted by Gasteiger charge is -2.26. The molecule has 0 spiro atoms. The number of halogens is 2. The maximum atomic E-state index is 15.6. The number of aliphatic hydroxyl groups is 1. The van der Waals surface area contributed by atoms with Crippen LogP contribution in [0.25, 0.3) is 22.3 Å². The highest BCUT2D eigenvalue weighted by Gasteiger charge is 2.53. The molecule has 242 valence electrons. The zero-order chi connectivity index (χ0) is 32.2. The van der Waals surface area contributed by atoms with Gasteiger partial charge in [0.1, 0.15) is 30.6 Å². The fourth-order valence-corrected chi connectivity index (χ4v) is 7.05. The van der Waals surface area contributed by atoms with Crippen LogP contribution in [0.5, 0.6) is 0 Å². The molecule has 6 heterocycles. The lowest BCUT2D eigenvalue weighted by atomic mass is 10.1. The van der Waals surface area contributed by atoms with Gasteiger partial charge in [-0.25, -0.2) is 18.7 Å². The van der Waals surface area contributed by atoms with Crippen LogP contribution >= 0.6 is 26.2 Å². The van der Waals surface area contributed by atoms with Gasteiger partial charge in [-0.1, -0.05) is 5.21 Å². The van der Waals surface area contributed by atoms with Crippen molar-refractivity contribution in [2.45, 2.75) is 49.2 Å². The van der Waals surface area contributed by atoms with Gasteiger partial charge >= 0.3 is 13.9 Å². The van der Waals surface area contributed by atoms with Crippen LogP contribution in [0.1, 0.15) is 12.5 Å². The van der Waals surface area contributed by atoms with Gasteiger partial charge in [-0.15, -0.1) is 9.62 Å². The first-order chi connectivity index (χ1) is 21.4.